The summed E-state index contributed by atoms with van der Waals surface area (Å²) in [5.41, 5.74) is 0.443. The number of hydrogen-bond acceptors (Lipinski definition) is 4. The molecule has 2 aromatic rings. The molecule has 4 nitrogen and oxygen atoms in total. The van der Waals surface area contributed by atoms with Gasteiger partial charge in [0.2, 0.25) is 0 Å². The first kappa shape index (κ1) is 16.3. The van der Waals surface area contributed by atoms with Gasteiger partial charge in [-0.1, -0.05) is 26.0 Å². The predicted molar refractivity (Wildman–Crippen MR) is 89.6 cm³/mol. The Bertz CT molecular complexity index is 711. The molecule has 0 aliphatic carbocycles. The summed E-state index contributed by atoms with van der Waals surface area (Å²) < 4.78 is 33.8. The van der Waals surface area contributed by atoms with Crippen LogP contribution in [0.1, 0.15) is 13.8 Å². The zero-order chi connectivity index (χ0) is 15.5. The van der Waals surface area contributed by atoms with Gasteiger partial charge in [-0.2, -0.15) is 0 Å². The summed E-state index contributed by atoms with van der Waals surface area (Å²) in [5.74, 6) is 0.892. The van der Waals surface area contributed by atoms with Crippen LogP contribution in [-0.4, -0.2) is 15.0 Å². The van der Waals surface area contributed by atoms with E-state index < -0.39 is 10.0 Å². The molecule has 114 valence electrons. The van der Waals surface area contributed by atoms with Gasteiger partial charge in [0.25, 0.3) is 10.0 Å². The van der Waals surface area contributed by atoms with Crippen molar-refractivity contribution in [1.29, 1.82) is 0 Å². The Morgan fingerprint density at radius 3 is 2.62 bits per heavy atom. The lowest BCUT2D eigenvalue weighted by atomic mass is 10.2. The lowest BCUT2D eigenvalue weighted by Gasteiger charge is -2.14. The van der Waals surface area contributed by atoms with Gasteiger partial charge in [0, 0.05) is 4.47 Å². The van der Waals surface area contributed by atoms with E-state index in [1.54, 1.807) is 29.6 Å². The van der Waals surface area contributed by atoms with E-state index in [0.717, 1.165) is 11.3 Å². The van der Waals surface area contributed by atoms with E-state index in [9.17, 15) is 8.42 Å². The lowest BCUT2D eigenvalue weighted by molar-refractivity contribution is 0.272. The molecule has 1 aromatic heterocycles. The summed E-state index contributed by atoms with van der Waals surface area (Å²) in [4.78, 5) is 0. The van der Waals surface area contributed by atoms with Crippen molar-refractivity contribution in [3.63, 3.8) is 0 Å². The summed E-state index contributed by atoms with van der Waals surface area (Å²) in [6.07, 6.45) is 0. The molecule has 0 radical (unpaired) electrons. The summed E-state index contributed by atoms with van der Waals surface area (Å²) in [5, 5.41) is 1.72. The van der Waals surface area contributed by atoms with Crippen molar-refractivity contribution in [3.8, 4) is 5.75 Å². The van der Waals surface area contributed by atoms with Crippen molar-refractivity contribution < 1.29 is 13.2 Å². The fraction of sp³-hybridized carbons (Fsp3) is 0.286. The molecular formula is C14H16BrNO3S2. The number of rotatable bonds is 6. The first-order valence-corrected chi connectivity index (χ1v) is 9.53. The molecular weight excluding hydrogens is 374 g/mol. The Kier molecular flexibility index (Phi) is 5.29. The van der Waals surface area contributed by atoms with Crippen LogP contribution in [0.25, 0.3) is 0 Å². The van der Waals surface area contributed by atoms with Crippen LogP contribution >= 0.6 is 27.3 Å². The maximum absolute atomic E-state index is 12.4. The smallest absolute Gasteiger partial charge is 0.272 e. The Hall–Kier alpha value is -1.05. The Morgan fingerprint density at radius 1 is 1.29 bits per heavy atom. The van der Waals surface area contributed by atoms with Gasteiger partial charge < -0.3 is 4.74 Å². The third kappa shape index (κ3) is 4.21. The molecule has 2 rings (SSSR count). The van der Waals surface area contributed by atoms with Crippen LogP contribution < -0.4 is 9.46 Å². The molecule has 1 N–H and O–H groups in total. The number of ether oxygens (including phenoxy) is 1. The van der Waals surface area contributed by atoms with E-state index in [-0.39, 0.29) is 4.21 Å². The number of benzene rings is 1. The number of sulfonamides is 1. The summed E-state index contributed by atoms with van der Waals surface area (Å²) in [6, 6.07) is 8.73. The van der Waals surface area contributed by atoms with Gasteiger partial charge in [0.05, 0.1) is 12.3 Å². The molecule has 0 aliphatic heterocycles. The van der Waals surface area contributed by atoms with Crippen molar-refractivity contribution in [2.24, 2.45) is 5.92 Å². The number of para-hydroxylation sites is 2. The van der Waals surface area contributed by atoms with Gasteiger partial charge in [-0.25, -0.2) is 8.42 Å². The minimum atomic E-state index is -3.62. The Labute approximate surface area is 137 Å². The van der Waals surface area contributed by atoms with E-state index in [2.05, 4.69) is 20.7 Å². The van der Waals surface area contributed by atoms with Gasteiger partial charge in [-0.3, -0.25) is 4.72 Å². The zero-order valence-electron chi connectivity index (χ0n) is 11.7. The fourth-order valence-electron chi connectivity index (χ4n) is 1.60. The van der Waals surface area contributed by atoms with Crippen LogP contribution in [0.5, 0.6) is 5.75 Å². The number of halogens is 1. The van der Waals surface area contributed by atoms with Gasteiger partial charge in [0.1, 0.15) is 5.75 Å². The van der Waals surface area contributed by atoms with Crippen molar-refractivity contribution in [3.05, 3.63) is 40.2 Å². The molecule has 0 atom stereocenters. The van der Waals surface area contributed by atoms with Gasteiger partial charge in [0.15, 0.2) is 4.21 Å². The predicted octanol–water partition coefficient (Wildman–Crippen LogP) is 4.35. The average Bonchev–Trinajstić information content (AvgIpc) is 2.84. The zero-order valence-corrected chi connectivity index (χ0v) is 14.9. The normalized spacial score (nSPS) is 11.6. The van der Waals surface area contributed by atoms with Crippen LogP contribution in [0.15, 0.2) is 44.4 Å². The molecule has 0 spiro atoms. The first-order valence-electron chi connectivity index (χ1n) is 6.38. The molecule has 0 saturated heterocycles. The molecule has 7 heteroatoms. The van der Waals surface area contributed by atoms with Crippen LogP contribution in [0, 0.1) is 5.92 Å². The van der Waals surface area contributed by atoms with Crippen LogP contribution in [0.3, 0.4) is 0 Å². The molecule has 0 saturated carbocycles. The van der Waals surface area contributed by atoms with Gasteiger partial charge >= 0.3 is 0 Å². The average molecular weight is 390 g/mol. The number of anilines is 1. The minimum Gasteiger partial charge on any atom is -0.491 e. The van der Waals surface area contributed by atoms with Crippen LogP contribution in [0.4, 0.5) is 5.69 Å². The third-order valence-electron chi connectivity index (χ3n) is 2.53. The van der Waals surface area contributed by atoms with Crippen LogP contribution in [-0.2, 0) is 10.0 Å². The van der Waals surface area contributed by atoms with E-state index in [1.165, 1.54) is 0 Å². The number of thiophene rings is 1. The monoisotopic (exact) mass is 389 g/mol. The lowest BCUT2D eigenvalue weighted by Crippen LogP contribution is -2.14. The number of nitrogens with one attached hydrogen (secondary N) is 1. The third-order valence-corrected chi connectivity index (χ3v) is 6.57. The maximum atomic E-state index is 12.4. The fourth-order valence-corrected chi connectivity index (χ4v) is 5.01. The highest BCUT2D eigenvalue weighted by atomic mass is 79.9. The molecule has 0 unspecified atom stereocenters. The standard InChI is InChI=1S/C14H16BrNO3S2/c1-10(2)9-19-13-6-4-3-5-12(13)16-21(17,18)14-11(15)7-8-20-14/h3-8,10,16H,9H2,1-2H3. The molecule has 0 aliphatic rings. The van der Waals surface area contributed by atoms with E-state index in [1.807, 2.05) is 19.9 Å². The van der Waals surface area contributed by atoms with E-state index in [4.69, 9.17) is 4.74 Å². The Morgan fingerprint density at radius 2 is 2.00 bits per heavy atom. The second-order valence-electron chi connectivity index (χ2n) is 4.86. The highest BCUT2D eigenvalue weighted by Gasteiger charge is 2.20. The second kappa shape index (κ2) is 6.81. The van der Waals surface area contributed by atoms with Crippen molar-refractivity contribution in [1.82, 2.24) is 0 Å². The van der Waals surface area contributed by atoms with E-state index >= 15 is 0 Å². The number of hydrogen-bond donors (Lipinski definition) is 1. The molecule has 0 fully saturated rings. The second-order valence-corrected chi connectivity index (χ2v) is 8.51. The Balaban J connectivity index is 2.25. The quantitative estimate of drug-likeness (QED) is 0.798. The van der Waals surface area contributed by atoms with Crippen molar-refractivity contribution in [2.45, 2.75) is 18.1 Å². The van der Waals surface area contributed by atoms with Gasteiger partial charge in [-0.15, -0.1) is 11.3 Å². The SMILES string of the molecule is CC(C)COc1ccccc1NS(=O)(=O)c1sccc1Br. The highest BCUT2D eigenvalue weighted by molar-refractivity contribution is 9.10. The van der Waals surface area contributed by atoms with Crippen LogP contribution in [0.2, 0.25) is 0 Å². The van der Waals surface area contributed by atoms with Crippen molar-refractivity contribution >= 4 is 43.0 Å². The van der Waals surface area contributed by atoms with Gasteiger partial charge in [-0.05, 0) is 45.4 Å². The maximum Gasteiger partial charge on any atom is 0.272 e. The molecule has 0 bridgehead atoms. The molecule has 21 heavy (non-hydrogen) atoms. The minimum absolute atomic E-state index is 0.251. The van der Waals surface area contributed by atoms with Crippen molar-refractivity contribution in [2.75, 3.05) is 11.3 Å². The summed E-state index contributed by atoms with van der Waals surface area (Å²) >= 11 is 4.41. The first-order chi connectivity index (χ1) is 9.90. The molecule has 0 amide bonds. The molecule has 1 aromatic carbocycles. The summed E-state index contributed by atoms with van der Waals surface area (Å²) in [6.45, 7) is 4.60. The highest BCUT2D eigenvalue weighted by Crippen LogP contribution is 2.32. The topological polar surface area (TPSA) is 55.4 Å². The van der Waals surface area contributed by atoms with E-state index in [0.29, 0.717) is 28.4 Å². The summed E-state index contributed by atoms with van der Waals surface area (Å²) in [7, 11) is -3.62. The largest absolute Gasteiger partial charge is 0.491 e. The molecule has 1 heterocycles.